The van der Waals surface area contributed by atoms with E-state index in [1.165, 1.54) is 6.92 Å². The lowest BCUT2D eigenvalue weighted by atomic mass is 9.91. The number of imide groups is 1. The summed E-state index contributed by atoms with van der Waals surface area (Å²) in [6, 6.07) is 10.6. The van der Waals surface area contributed by atoms with E-state index in [2.05, 4.69) is 10.6 Å². The fraction of sp³-hybridized carbons (Fsp3) is 0.238. The van der Waals surface area contributed by atoms with Crippen molar-refractivity contribution in [3.63, 3.8) is 0 Å². The van der Waals surface area contributed by atoms with Gasteiger partial charge in [0.05, 0.1) is 0 Å². The summed E-state index contributed by atoms with van der Waals surface area (Å²) < 4.78 is 10.6. The summed E-state index contributed by atoms with van der Waals surface area (Å²) in [4.78, 5) is 50.0. The predicted octanol–water partition coefficient (Wildman–Crippen LogP) is 2.02. The Morgan fingerprint density at radius 2 is 1.80 bits per heavy atom. The minimum absolute atomic E-state index is 0.0879. The lowest BCUT2D eigenvalue weighted by Crippen LogP contribution is -2.42. The minimum Gasteiger partial charge on any atom is -0.454 e. The Morgan fingerprint density at radius 1 is 1.10 bits per heavy atom. The molecule has 9 heteroatoms. The molecule has 2 heterocycles. The molecular weight excluding hydrogens is 390 g/mol. The molecule has 1 atom stereocenters. The van der Waals surface area contributed by atoms with Gasteiger partial charge in [-0.15, -0.1) is 0 Å². The van der Waals surface area contributed by atoms with Gasteiger partial charge in [-0.3, -0.25) is 19.3 Å². The van der Waals surface area contributed by atoms with Crippen molar-refractivity contribution in [3.05, 3.63) is 53.6 Å². The third-order valence-corrected chi connectivity index (χ3v) is 5.10. The van der Waals surface area contributed by atoms with E-state index in [4.69, 9.17) is 9.47 Å². The lowest BCUT2D eigenvalue weighted by molar-refractivity contribution is -0.133. The molecule has 9 nitrogen and oxygen atoms in total. The van der Waals surface area contributed by atoms with Crippen LogP contribution < -0.4 is 20.1 Å². The van der Waals surface area contributed by atoms with Crippen LogP contribution in [-0.2, 0) is 15.1 Å². The van der Waals surface area contributed by atoms with Crippen LogP contribution >= 0.6 is 0 Å². The number of benzene rings is 2. The van der Waals surface area contributed by atoms with E-state index in [1.54, 1.807) is 49.4 Å². The van der Waals surface area contributed by atoms with Crippen LogP contribution in [0.5, 0.6) is 11.5 Å². The lowest BCUT2D eigenvalue weighted by Gasteiger charge is -2.22. The molecule has 4 rings (SSSR count). The molecule has 154 valence electrons. The summed E-state index contributed by atoms with van der Waals surface area (Å²) in [7, 11) is 0. The van der Waals surface area contributed by atoms with Gasteiger partial charge in [0, 0.05) is 11.3 Å². The molecule has 0 unspecified atom stereocenters. The van der Waals surface area contributed by atoms with Crippen molar-refractivity contribution in [3.8, 4) is 11.5 Å². The highest BCUT2D eigenvalue weighted by molar-refractivity contribution is 6.10. The third kappa shape index (κ3) is 3.34. The number of Topliss-reactive ketones (excluding diaryl/α,β-unsaturated/α-hetero) is 1. The number of nitrogens with zero attached hydrogens (tertiary/aromatic N) is 1. The first-order valence-corrected chi connectivity index (χ1v) is 9.23. The molecule has 1 saturated heterocycles. The fourth-order valence-electron chi connectivity index (χ4n) is 3.38. The van der Waals surface area contributed by atoms with E-state index in [0.29, 0.717) is 28.3 Å². The van der Waals surface area contributed by atoms with Crippen LogP contribution in [0.1, 0.15) is 29.8 Å². The molecule has 0 aliphatic carbocycles. The number of hydrogen-bond acceptors (Lipinski definition) is 6. The number of carbonyl (C=O) groups excluding carboxylic acids is 4. The van der Waals surface area contributed by atoms with Crippen molar-refractivity contribution in [2.45, 2.75) is 19.4 Å². The average Bonchev–Trinajstić information content (AvgIpc) is 3.27. The molecule has 0 bridgehead atoms. The highest BCUT2D eigenvalue weighted by atomic mass is 16.7. The Morgan fingerprint density at radius 3 is 2.50 bits per heavy atom. The summed E-state index contributed by atoms with van der Waals surface area (Å²) in [5.41, 5.74) is 0.159. The minimum atomic E-state index is -1.33. The van der Waals surface area contributed by atoms with Crippen molar-refractivity contribution in [1.29, 1.82) is 0 Å². The molecule has 0 aromatic heterocycles. The standard InChI is InChI=1S/C21H19N3O6/c1-12(25)13-3-6-15(7-4-13)22-18(26)10-24-19(27)21(2,23-20(24)28)14-5-8-16-17(9-14)30-11-29-16/h3-9H,10-11H2,1-2H3,(H,22,26)(H,23,28)/t21-/m1/s1. The molecule has 2 aromatic carbocycles. The molecule has 0 saturated carbocycles. The summed E-state index contributed by atoms with van der Waals surface area (Å²) in [5.74, 6) is -0.125. The number of anilines is 1. The highest BCUT2D eigenvalue weighted by Crippen LogP contribution is 2.37. The molecule has 2 aliphatic heterocycles. The molecule has 2 N–H and O–H groups in total. The second-order valence-corrected chi connectivity index (χ2v) is 7.20. The fourth-order valence-corrected chi connectivity index (χ4v) is 3.38. The molecule has 4 amide bonds. The maximum Gasteiger partial charge on any atom is 0.325 e. The monoisotopic (exact) mass is 409 g/mol. The van der Waals surface area contributed by atoms with Gasteiger partial charge in [-0.05, 0) is 55.8 Å². The van der Waals surface area contributed by atoms with Crippen molar-refractivity contribution >= 4 is 29.3 Å². The average molecular weight is 409 g/mol. The molecule has 0 radical (unpaired) electrons. The zero-order chi connectivity index (χ0) is 21.5. The summed E-state index contributed by atoms with van der Waals surface area (Å²) in [5, 5.41) is 5.27. The van der Waals surface area contributed by atoms with Crippen LogP contribution in [0.4, 0.5) is 10.5 Å². The summed E-state index contributed by atoms with van der Waals surface area (Å²) in [6.45, 7) is 2.67. The van der Waals surface area contributed by atoms with Gasteiger partial charge in [0.25, 0.3) is 5.91 Å². The van der Waals surface area contributed by atoms with Gasteiger partial charge < -0.3 is 20.1 Å². The van der Waals surface area contributed by atoms with Crippen LogP contribution in [0, 0.1) is 0 Å². The maximum absolute atomic E-state index is 13.0. The predicted molar refractivity (Wildman–Crippen MR) is 105 cm³/mol. The van der Waals surface area contributed by atoms with E-state index in [9.17, 15) is 19.2 Å². The number of ether oxygens (including phenoxy) is 2. The normalized spacial score (nSPS) is 19.6. The van der Waals surface area contributed by atoms with Crippen LogP contribution in [-0.4, -0.2) is 41.9 Å². The Kier molecular flexibility index (Phi) is 4.65. The summed E-state index contributed by atoms with van der Waals surface area (Å²) >= 11 is 0. The maximum atomic E-state index is 13.0. The number of amides is 4. The first-order chi connectivity index (χ1) is 14.3. The number of carbonyl (C=O) groups is 4. The first kappa shape index (κ1) is 19.4. The number of fused-ring (bicyclic) bond motifs is 1. The van der Waals surface area contributed by atoms with Crippen LogP contribution in [0.3, 0.4) is 0 Å². The molecule has 2 aliphatic rings. The number of urea groups is 1. The van der Waals surface area contributed by atoms with E-state index in [-0.39, 0.29) is 12.6 Å². The van der Waals surface area contributed by atoms with Crippen molar-refractivity contribution in [1.82, 2.24) is 10.2 Å². The second-order valence-electron chi connectivity index (χ2n) is 7.20. The molecule has 1 fully saturated rings. The Balaban J connectivity index is 1.47. The molecule has 2 aromatic rings. The van der Waals surface area contributed by atoms with Gasteiger partial charge in [0.2, 0.25) is 12.7 Å². The van der Waals surface area contributed by atoms with Gasteiger partial charge in [-0.1, -0.05) is 6.07 Å². The van der Waals surface area contributed by atoms with E-state index < -0.39 is 29.9 Å². The zero-order valence-electron chi connectivity index (χ0n) is 16.4. The number of nitrogens with one attached hydrogen (secondary N) is 2. The second kappa shape index (κ2) is 7.18. The van der Waals surface area contributed by atoms with E-state index in [0.717, 1.165) is 4.90 Å². The van der Waals surface area contributed by atoms with Gasteiger partial charge in [0.1, 0.15) is 12.1 Å². The number of hydrogen-bond donors (Lipinski definition) is 2. The summed E-state index contributed by atoms with van der Waals surface area (Å²) in [6.07, 6.45) is 0. The van der Waals surface area contributed by atoms with Gasteiger partial charge in [-0.2, -0.15) is 0 Å². The number of ketones is 1. The van der Waals surface area contributed by atoms with Crippen molar-refractivity contribution < 1.29 is 28.7 Å². The van der Waals surface area contributed by atoms with E-state index in [1.807, 2.05) is 0 Å². The first-order valence-electron chi connectivity index (χ1n) is 9.23. The third-order valence-electron chi connectivity index (χ3n) is 5.10. The van der Waals surface area contributed by atoms with Crippen molar-refractivity contribution in [2.24, 2.45) is 0 Å². The van der Waals surface area contributed by atoms with Crippen LogP contribution in [0.25, 0.3) is 0 Å². The van der Waals surface area contributed by atoms with Crippen LogP contribution in [0.15, 0.2) is 42.5 Å². The largest absolute Gasteiger partial charge is 0.454 e. The van der Waals surface area contributed by atoms with Crippen LogP contribution in [0.2, 0.25) is 0 Å². The van der Waals surface area contributed by atoms with E-state index >= 15 is 0 Å². The smallest absolute Gasteiger partial charge is 0.325 e. The van der Waals surface area contributed by atoms with Gasteiger partial charge in [-0.25, -0.2) is 4.79 Å². The number of rotatable bonds is 5. The molecular formula is C21H19N3O6. The SMILES string of the molecule is CC(=O)c1ccc(NC(=O)CN2C(=O)N[C@](C)(c3ccc4c(c3)OCO4)C2=O)cc1. The Bertz CT molecular complexity index is 1060. The zero-order valence-corrected chi connectivity index (χ0v) is 16.4. The van der Waals surface area contributed by atoms with Gasteiger partial charge in [0.15, 0.2) is 17.3 Å². The molecule has 0 spiro atoms. The highest BCUT2D eigenvalue weighted by Gasteiger charge is 2.49. The van der Waals surface area contributed by atoms with Crippen molar-refractivity contribution in [2.75, 3.05) is 18.7 Å². The molecule has 30 heavy (non-hydrogen) atoms. The topological polar surface area (TPSA) is 114 Å². The Labute approximate surface area is 171 Å². The Hall–Kier alpha value is -3.88. The van der Waals surface area contributed by atoms with Gasteiger partial charge >= 0.3 is 6.03 Å². The quantitative estimate of drug-likeness (QED) is 0.577.